The van der Waals surface area contributed by atoms with Crippen molar-refractivity contribution >= 4 is 42.5 Å². The van der Waals surface area contributed by atoms with Gasteiger partial charge in [0.15, 0.2) is 0 Å². The second kappa shape index (κ2) is 4.18. The second-order valence-corrected chi connectivity index (χ2v) is 3.87. The SMILES string of the molecule is [B]c1ccc(N2CCC(=O)NC2=O)c(Cl)c1. The van der Waals surface area contributed by atoms with E-state index in [4.69, 9.17) is 19.4 Å². The van der Waals surface area contributed by atoms with Crippen molar-refractivity contribution in [3.63, 3.8) is 0 Å². The maximum absolute atomic E-state index is 11.5. The van der Waals surface area contributed by atoms with Crippen LogP contribution in [0.5, 0.6) is 0 Å². The van der Waals surface area contributed by atoms with Gasteiger partial charge in [-0.2, -0.15) is 0 Å². The largest absolute Gasteiger partial charge is 0.328 e. The van der Waals surface area contributed by atoms with Gasteiger partial charge in [-0.1, -0.05) is 23.1 Å². The molecule has 1 aliphatic heterocycles. The highest BCUT2D eigenvalue weighted by atomic mass is 35.5. The fraction of sp³-hybridized carbons (Fsp3) is 0.200. The van der Waals surface area contributed by atoms with E-state index in [-0.39, 0.29) is 12.3 Å². The summed E-state index contributed by atoms with van der Waals surface area (Å²) in [6.45, 7) is 0.328. The zero-order valence-corrected chi connectivity index (χ0v) is 9.12. The molecule has 16 heavy (non-hydrogen) atoms. The summed E-state index contributed by atoms with van der Waals surface area (Å²) in [5.74, 6) is -0.271. The zero-order chi connectivity index (χ0) is 11.7. The van der Waals surface area contributed by atoms with Gasteiger partial charge in [-0.15, -0.1) is 0 Å². The van der Waals surface area contributed by atoms with Crippen LogP contribution in [0, 0.1) is 0 Å². The topological polar surface area (TPSA) is 49.4 Å². The Bertz CT molecular complexity index is 464. The summed E-state index contributed by atoms with van der Waals surface area (Å²) in [5, 5.41) is 2.62. The fourth-order valence-electron chi connectivity index (χ4n) is 1.54. The van der Waals surface area contributed by atoms with Crippen molar-refractivity contribution < 1.29 is 9.59 Å². The molecule has 1 aromatic rings. The van der Waals surface area contributed by atoms with Gasteiger partial charge in [0, 0.05) is 13.0 Å². The predicted octanol–water partition coefficient (Wildman–Crippen LogP) is 0.580. The maximum atomic E-state index is 11.5. The third kappa shape index (κ3) is 2.04. The lowest BCUT2D eigenvalue weighted by atomic mass is 9.96. The lowest BCUT2D eigenvalue weighted by Gasteiger charge is -2.27. The van der Waals surface area contributed by atoms with E-state index in [1.165, 1.54) is 4.90 Å². The van der Waals surface area contributed by atoms with Crippen LogP contribution in [0.3, 0.4) is 0 Å². The van der Waals surface area contributed by atoms with Gasteiger partial charge in [-0.05, 0) is 12.1 Å². The Morgan fingerprint density at radius 1 is 1.38 bits per heavy atom. The molecule has 1 aromatic carbocycles. The molecule has 0 spiro atoms. The van der Waals surface area contributed by atoms with Crippen LogP contribution >= 0.6 is 11.6 Å². The first-order valence-electron chi connectivity index (χ1n) is 4.74. The summed E-state index contributed by atoms with van der Waals surface area (Å²) >= 11 is 5.98. The monoisotopic (exact) mass is 234 g/mol. The zero-order valence-electron chi connectivity index (χ0n) is 8.37. The van der Waals surface area contributed by atoms with E-state index >= 15 is 0 Å². The molecule has 0 atom stereocenters. The van der Waals surface area contributed by atoms with E-state index in [9.17, 15) is 9.59 Å². The summed E-state index contributed by atoms with van der Waals surface area (Å²) in [7, 11) is 5.56. The molecule has 4 nitrogen and oxygen atoms in total. The van der Waals surface area contributed by atoms with Crippen LogP contribution in [0.25, 0.3) is 0 Å². The first-order chi connectivity index (χ1) is 7.58. The molecule has 6 heteroatoms. The molecule has 0 aliphatic carbocycles. The van der Waals surface area contributed by atoms with Crippen molar-refractivity contribution in [1.82, 2.24) is 5.32 Å². The Labute approximate surface area is 99.0 Å². The molecule has 2 radical (unpaired) electrons. The number of halogens is 1. The van der Waals surface area contributed by atoms with E-state index < -0.39 is 6.03 Å². The minimum Gasteiger partial charge on any atom is -0.292 e. The number of imide groups is 1. The Hall–Kier alpha value is -1.49. The van der Waals surface area contributed by atoms with Crippen LogP contribution < -0.4 is 15.7 Å². The molecular formula is C10H8BClN2O2. The van der Waals surface area contributed by atoms with Gasteiger partial charge in [-0.25, -0.2) is 4.79 Å². The number of carbonyl (C=O) groups excluding carboxylic acids is 2. The molecule has 3 amide bonds. The van der Waals surface area contributed by atoms with Gasteiger partial charge in [0.2, 0.25) is 5.91 Å². The number of nitrogens with one attached hydrogen (secondary N) is 1. The molecule has 0 saturated carbocycles. The molecule has 0 bridgehead atoms. The first kappa shape index (κ1) is 11.0. The summed E-state index contributed by atoms with van der Waals surface area (Å²) in [4.78, 5) is 23.9. The molecule has 80 valence electrons. The Balaban J connectivity index is 2.30. The molecule has 1 saturated heterocycles. The molecular weight excluding hydrogens is 226 g/mol. The number of anilines is 1. The molecule has 0 unspecified atom stereocenters. The summed E-state index contributed by atoms with van der Waals surface area (Å²) in [5.41, 5.74) is 1.09. The van der Waals surface area contributed by atoms with Crippen LogP contribution in [0.4, 0.5) is 10.5 Å². The van der Waals surface area contributed by atoms with Gasteiger partial charge in [-0.3, -0.25) is 15.0 Å². The number of carbonyl (C=O) groups is 2. The van der Waals surface area contributed by atoms with Gasteiger partial charge in [0.25, 0.3) is 0 Å². The Kier molecular flexibility index (Phi) is 2.87. The molecule has 1 N–H and O–H groups in total. The number of amides is 3. The number of hydrogen-bond acceptors (Lipinski definition) is 2. The first-order valence-corrected chi connectivity index (χ1v) is 5.12. The summed E-state index contributed by atoms with van der Waals surface area (Å²) < 4.78 is 0. The average molecular weight is 234 g/mol. The van der Waals surface area contributed by atoms with Crippen LogP contribution in [-0.2, 0) is 4.79 Å². The van der Waals surface area contributed by atoms with E-state index in [1.54, 1.807) is 18.2 Å². The van der Waals surface area contributed by atoms with Gasteiger partial charge >= 0.3 is 6.03 Å². The van der Waals surface area contributed by atoms with Crippen LogP contribution in [-0.4, -0.2) is 26.3 Å². The number of benzene rings is 1. The summed E-state index contributed by atoms with van der Waals surface area (Å²) in [6.07, 6.45) is 0.270. The Morgan fingerprint density at radius 2 is 2.12 bits per heavy atom. The number of urea groups is 1. The smallest absolute Gasteiger partial charge is 0.292 e. The van der Waals surface area contributed by atoms with Crippen molar-refractivity contribution in [2.75, 3.05) is 11.4 Å². The van der Waals surface area contributed by atoms with Crippen molar-refractivity contribution in [3.8, 4) is 0 Å². The van der Waals surface area contributed by atoms with Crippen LogP contribution in [0.1, 0.15) is 6.42 Å². The highest BCUT2D eigenvalue weighted by molar-refractivity contribution is 6.38. The number of hydrogen-bond donors (Lipinski definition) is 1. The standard InChI is InChI=1S/C10H8BClN2O2/c11-6-1-2-8(7(12)5-6)14-4-3-9(15)13-10(14)16/h1-2,5H,3-4H2,(H,13,15,16). The fourth-order valence-corrected chi connectivity index (χ4v) is 1.83. The predicted molar refractivity (Wildman–Crippen MR) is 62.3 cm³/mol. The lowest BCUT2D eigenvalue weighted by Crippen LogP contribution is -2.49. The number of rotatable bonds is 1. The van der Waals surface area contributed by atoms with Crippen molar-refractivity contribution in [1.29, 1.82) is 0 Å². The third-order valence-electron chi connectivity index (χ3n) is 2.32. The van der Waals surface area contributed by atoms with Crippen molar-refractivity contribution in [2.45, 2.75) is 6.42 Å². The van der Waals surface area contributed by atoms with Gasteiger partial charge < -0.3 is 0 Å². The molecule has 1 fully saturated rings. The average Bonchev–Trinajstić information content (AvgIpc) is 2.19. The van der Waals surface area contributed by atoms with E-state index in [0.29, 0.717) is 22.7 Å². The maximum Gasteiger partial charge on any atom is 0.328 e. The van der Waals surface area contributed by atoms with Crippen molar-refractivity contribution in [2.24, 2.45) is 0 Å². The van der Waals surface area contributed by atoms with E-state index in [0.717, 1.165) is 0 Å². The Morgan fingerprint density at radius 3 is 2.75 bits per heavy atom. The number of nitrogens with zero attached hydrogens (tertiary/aromatic N) is 1. The van der Waals surface area contributed by atoms with Gasteiger partial charge in [0.05, 0.1) is 10.7 Å². The minimum absolute atomic E-state index is 0.270. The normalized spacial score (nSPS) is 16.2. The lowest BCUT2D eigenvalue weighted by molar-refractivity contribution is -0.120. The second-order valence-electron chi connectivity index (χ2n) is 3.47. The third-order valence-corrected chi connectivity index (χ3v) is 2.62. The van der Waals surface area contributed by atoms with Gasteiger partial charge in [0.1, 0.15) is 7.85 Å². The van der Waals surface area contributed by atoms with Crippen LogP contribution in [0.2, 0.25) is 5.02 Å². The molecule has 1 heterocycles. The minimum atomic E-state index is -0.456. The molecule has 0 aromatic heterocycles. The van der Waals surface area contributed by atoms with Crippen molar-refractivity contribution in [3.05, 3.63) is 23.2 Å². The molecule has 1 aliphatic rings. The summed E-state index contributed by atoms with van der Waals surface area (Å²) in [6, 6.07) is 4.43. The quantitative estimate of drug-likeness (QED) is 0.723. The van der Waals surface area contributed by atoms with Crippen LogP contribution in [0.15, 0.2) is 18.2 Å². The van der Waals surface area contributed by atoms with E-state index in [2.05, 4.69) is 5.32 Å². The van der Waals surface area contributed by atoms with E-state index in [1.807, 2.05) is 0 Å². The molecule has 2 rings (SSSR count). The highest BCUT2D eigenvalue weighted by Crippen LogP contribution is 2.25. The highest BCUT2D eigenvalue weighted by Gasteiger charge is 2.25.